The molecule has 1 saturated carbocycles. The van der Waals surface area contributed by atoms with Crippen molar-refractivity contribution in [3.8, 4) is 5.75 Å². The van der Waals surface area contributed by atoms with Crippen LogP contribution in [0.1, 0.15) is 34.8 Å². The lowest BCUT2D eigenvalue weighted by atomic mass is 9.67. The van der Waals surface area contributed by atoms with Crippen molar-refractivity contribution in [2.75, 3.05) is 19.9 Å². The minimum Gasteiger partial charge on any atom is -0.497 e. The first-order chi connectivity index (χ1) is 12.6. The predicted molar refractivity (Wildman–Crippen MR) is 103 cm³/mol. The zero-order valence-electron chi connectivity index (χ0n) is 15.0. The smallest absolute Gasteiger partial charge is 0.254 e. The Balaban J connectivity index is 1.66. The fourth-order valence-electron chi connectivity index (χ4n) is 4.24. The van der Waals surface area contributed by atoms with E-state index in [1.54, 1.807) is 19.4 Å². The molecule has 3 aliphatic rings. The standard InChI is InChI=1S/C20H23N3O2S/c1-25-15-6-3-5-14(9-15)17(20-10-13(11-20)12-22-20)23-18(24)16-7-4-8-21-19(16)26-2/h3-9,13,17,22H,10-12H2,1-2H3,(H,23,24). The summed E-state index contributed by atoms with van der Waals surface area (Å²) in [6, 6.07) is 11.5. The van der Waals surface area contributed by atoms with Gasteiger partial charge in [-0.3, -0.25) is 4.79 Å². The number of thioether (sulfide) groups is 1. The van der Waals surface area contributed by atoms with Crippen molar-refractivity contribution in [3.63, 3.8) is 0 Å². The summed E-state index contributed by atoms with van der Waals surface area (Å²) in [5.74, 6) is 1.44. The lowest BCUT2D eigenvalue weighted by molar-refractivity contribution is 0.0859. The summed E-state index contributed by atoms with van der Waals surface area (Å²) >= 11 is 1.49. The maximum absolute atomic E-state index is 13.1. The summed E-state index contributed by atoms with van der Waals surface area (Å²) in [5.41, 5.74) is 1.63. The molecule has 3 heterocycles. The first-order valence-electron chi connectivity index (χ1n) is 8.84. The Labute approximate surface area is 157 Å². The molecule has 2 aromatic rings. The summed E-state index contributed by atoms with van der Waals surface area (Å²) in [4.78, 5) is 17.4. The van der Waals surface area contributed by atoms with E-state index >= 15 is 0 Å². The quantitative estimate of drug-likeness (QED) is 0.767. The van der Waals surface area contributed by atoms with Crippen LogP contribution in [0.25, 0.3) is 0 Å². The third kappa shape index (κ3) is 2.97. The maximum atomic E-state index is 13.1. The number of carbonyl (C=O) groups is 1. The Bertz CT molecular complexity index is 815. The third-order valence-corrected chi connectivity index (χ3v) is 6.22. The molecule has 1 aromatic heterocycles. The molecule has 136 valence electrons. The highest BCUT2D eigenvalue weighted by atomic mass is 32.2. The van der Waals surface area contributed by atoms with Gasteiger partial charge in [0, 0.05) is 11.7 Å². The van der Waals surface area contributed by atoms with Crippen LogP contribution in [0.15, 0.2) is 47.6 Å². The van der Waals surface area contributed by atoms with Gasteiger partial charge in [-0.15, -0.1) is 11.8 Å². The number of hydrogen-bond acceptors (Lipinski definition) is 5. The molecule has 0 spiro atoms. The Morgan fingerprint density at radius 3 is 2.92 bits per heavy atom. The minimum absolute atomic E-state index is 0.0611. The van der Waals surface area contributed by atoms with Crippen LogP contribution in [0, 0.1) is 5.92 Å². The second-order valence-corrected chi connectivity index (χ2v) is 7.85. The molecule has 26 heavy (non-hydrogen) atoms. The van der Waals surface area contributed by atoms with Crippen LogP contribution in [0.4, 0.5) is 0 Å². The molecule has 1 aromatic carbocycles. The monoisotopic (exact) mass is 369 g/mol. The number of nitrogens with zero attached hydrogens (tertiary/aromatic N) is 1. The van der Waals surface area contributed by atoms with E-state index in [2.05, 4.69) is 21.7 Å². The highest BCUT2D eigenvalue weighted by Gasteiger charge is 2.55. The highest BCUT2D eigenvalue weighted by Crippen LogP contribution is 2.51. The van der Waals surface area contributed by atoms with Crippen LogP contribution in [0.3, 0.4) is 0 Å². The number of nitrogens with one attached hydrogen (secondary N) is 2. The van der Waals surface area contributed by atoms with Crippen LogP contribution in [0.5, 0.6) is 5.75 Å². The van der Waals surface area contributed by atoms with E-state index in [1.165, 1.54) is 11.8 Å². The van der Waals surface area contributed by atoms with Crippen LogP contribution in [-0.2, 0) is 0 Å². The van der Waals surface area contributed by atoms with Crippen molar-refractivity contribution in [2.45, 2.75) is 29.4 Å². The Morgan fingerprint density at radius 1 is 1.38 bits per heavy atom. The third-order valence-electron chi connectivity index (χ3n) is 5.51. The second-order valence-electron chi connectivity index (χ2n) is 7.05. The number of amides is 1. The van der Waals surface area contributed by atoms with E-state index in [9.17, 15) is 4.79 Å². The second kappa shape index (κ2) is 6.93. The van der Waals surface area contributed by atoms with Gasteiger partial charge in [-0.25, -0.2) is 4.98 Å². The number of benzene rings is 1. The Morgan fingerprint density at radius 2 is 2.23 bits per heavy atom. The lowest BCUT2D eigenvalue weighted by Gasteiger charge is -2.44. The normalized spacial score (nSPS) is 24.6. The molecule has 1 unspecified atom stereocenters. The number of rotatable bonds is 6. The highest BCUT2D eigenvalue weighted by molar-refractivity contribution is 7.98. The summed E-state index contributed by atoms with van der Waals surface area (Å²) in [6.45, 7) is 1.03. The number of aromatic nitrogens is 1. The van der Waals surface area contributed by atoms with Gasteiger partial charge in [0.1, 0.15) is 10.8 Å². The molecule has 2 N–H and O–H groups in total. The van der Waals surface area contributed by atoms with Gasteiger partial charge in [0.25, 0.3) is 5.91 Å². The first kappa shape index (κ1) is 17.4. The molecule has 5 nitrogen and oxygen atoms in total. The van der Waals surface area contributed by atoms with Crippen LogP contribution in [0.2, 0.25) is 0 Å². The van der Waals surface area contributed by atoms with Crippen LogP contribution in [-0.4, -0.2) is 36.3 Å². The van der Waals surface area contributed by atoms with E-state index in [1.807, 2.05) is 30.5 Å². The Hall–Kier alpha value is -2.05. The zero-order valence-corrected chi connectivity index (χ0v) is 15.8. The van der Waals surface area contributed by atoms with Gasteiger partial charge in [-0.05, 0) is 61.4 Å². The summed E-state index contributed by atoms with van der Waals surface area (Å²) in [5, 5.41) is 7.69. The van der Waals surface area contributed by atoms with Crippen molar-refractivity contribution >= 4 is 17.7 Å². The van der Waals surface area contributed by atoms with Crippen molar-refractivity contribution in [2.24, 2.45) is 5.92 Å². The number of methoxy groups -OCH3 is 1. The van der Waals surface area contributed by atoms with E-state index in [0.29, 0.717) is 5.56 Å². The predicted octanol–water partition coefficient (Wildman–Crippen LogP) is 3.04. The molecule has 0 radical (unpaired) electrons. The zero-order chi connectivity index (χ0) is 18.1. The molecule has 6 heteroatoms. The van der Waals surface area contributed by atoms with Crippen molar-refractivity contribution < 1.29 is 9.53 Å². The average molecular weight is 369 g/mol. The number of hydrogen-bond donors (Lipinski definition) is 2. The van der Waals surface area contributed by atoms with Crippen LogP contribution >= 0.6 is 11.8 Å². The van der Waals surface area contributed by atoms with E-state index in [4.69, 9.17) is 4.74 Å². The Kier molecular flexibility index (Phi) is 4.63. The van der Waals surface area contributed by atoms with Gasteiger partial charge in [-0.2, -0.15) is 0 Å². The summed E-state index contributed by atoms with van der Waals surface area (Å²) in [7, 11) is 1.67. The molecule has 1 atom stereocenters. The van der Waals surface area contributed by atoms with Gasteiger partial charge >= 0.3 is 0 Å². The first-order valence-corrected chi connectivity index (χ1v) is 10.1. The minimum atomic E-state index is -0.0984. The van der Waals surface area contributed by atoms with Gasteiger partial charge in [0.15, 0.2) is 0 Å². The maximum Gasteiger partial charge on any atom is 0.254 e. The van der Waals surface area contributed by atoms with E-state index in [-0.39, 0.29) is 17.5 Å². The summed E-state index contributed by atoms with van der Waals surface area (Å²) in [6.07, 6.45) is 5.84. The fraction of sp³-hybridized carbons (Fsp3) is 0.400. The molecule has 2 bridgehead atoms. The van der Waals surface area contributed by atoms with Crippen molar-refractivity contribution in [3.05, 3.63) is 53.7 Å². The topological polar surface area (TPSA) is 63.2 Å². The van der Waals surface area contributed by atoms with E-state index < -0.39 is 0 Å². The van der Waals surface area contributed by atoms with Gasteiger partial charge in [0.05, 0.1) is 18.7 Å². The average Bonchev–Trinajstić information content (AvgIpc) is 3.27. The molecule has 2 aliphatic heterocycles. The molecule has 1 aliphatic carbocycles. The number of pyridine rings is 1. The fourth-order valence-corrected chi connectivity index (χ4v) is 4.79. The molecular formula is C20H23N3O2S. The van der Waals surface area contributed by atoms with Crippen molar-refractivity contribution in [1.29, 1.82) is 0 Å². The number of ether oxygens (including phenoxy) is 1. The van der Waals surface area contributed by atoms with Gasteiger partial charge in [-0.1, -0.05) is 12.1 Å². The number of carbonyl (C=O) groups excluding carboxylic acids is 1. The molecule has 1 amide bonds. The molecule has 3 fully saturated rings. The van der Waals surface area contributed by atoms with Gasteiger partial charge in [0.2, 0.25) is 0 Å². The summed E-state index contributed by atoms with van der Waals surface area (Å²) < 4.78 is 5.39. The molecule has 2 saturated heterocycles. The van der Waals surface area contributed by atoms with Gasteiger partial charge < -0.3 is 15.4 Å². The molecular weight excluding hydrogens is 346 g/mol. The largest absolute Gasteiger partial charge is 0.497 e. The number of fused-ring (bicyclic) bond motifs is 1. The van der Waals surface area contributed by atoms with Crippen molar-refractivity contribution in [1.82, 2.24) is 15.6 Å². The SMILES string of the molecule is COc1cccc(C(NC(=O)c2cccnc2SC)C23CC(CN2)C3)c1. The molecule has 5 rings (SSSR count). The lowest BCUT2D eigenvalue weighted by Crippen LogP contribution is -2.54. The van der Waals surface area contributed by atoms with E-state index in [0.717, 1.165) is 41.6 Å². The van der Waals surface area contributed by atoms with Crippen LogP contribution < -0.4 is 15.4 Å².